The lowest BCUT2D eigenvalue weighted by atomic mass is 9.51. The van der Waals surface area contributed by atoms with Crippen LogP contribution in [0.3, 0.4) is 0 Å². The standard InChI is InChI=1S/C20H27NO2/c1-12(18-3-2-6-23-18)21(17-4-5-17)20(22)19-15-8-13-7-14(10-15)11-16(19)9-13/h2-3,6,12-17,19H,4-5,7-11H2,1H3. The van der Waals surface area contributed by atoms with Gasteiger partial charge in [-0.15, -0.1) is 0 Å². The van der Waals surface area contributed by atoms with Gasteiger partial charge in [-0.1, -0.05) is 0 Å². The van der Waals surface area contributed by atoms with Gasteiger partial charge in [-0.05, 0) is 87.7 Å². The van der Waals surface area contributed by atoms with Gasteiger partial charge in [0.25, 0.3) is 0 Å². The summed E-state index contributed by atoms with van der Waals surface area (Å²) in [5.74, 6) is 4.89. The maximum absolute atomic E-state index is 13.5. The molecule has 3 heteroatoms. The summed E-state index contributed by atoms with van der Waals surface area (Å²) in [6.45, 7) is 2.14. The Kier molecular flexibility index (Phi) is 3.15. The fourth-order valence-corrected chi connectivity index (χ4v) is 6.21. The van der Waals surface area contributed by atoms with E-state index >= 15 is 0 Å². The van der Waals surface area contributed by atoms with Gasteiger partial charge in [0.2, 0.25) is 5.91 Å². The van der Waals surface area contributed by atoms with Crippen LogP contribution in [0.5, 0.6) is 0 Å². The lowest BCUT2D eigenvalue weighted by Gasteiger charge is -2.54. The second kappa shape index (κ2) is 5.12. The maximum Gasteiger partial charge on any atom is 0.227 e. The molecule has 0 aromatic carbocycles. The van der Waals surface area contributed by atoms with Gasteiger partial charge < -0.3 is 9.32 Å². The van der Waals surface area contributed by atoms with E-state index in [0.29, 0.717) is 29.7 Å². The van der Waals surface area contributed by atoms with Crippen LogP contribution in [0.15, 0.2) is 22.8 Å². The van der Waals surface area contributed by atoms with E-state index in [9.17, 15) is 4.79 Å². The third kappa shape index (κ3) is 2.27. The summed E-state index contributed by atoms with van der Waals surface area (Å²) in [5.41, 5.74) is 0. The monoisotopic (exact) mass is 313 g/mol. The summed E-state index contributed by atoms with van der Waals surface area (Å²) >= 11 is 0. The molecule has 1 aromatic heterocycles. The number of rotatable bonds is 4. The average Bonchev–Trinajstić information content (AvgIpc) is 3.19. The fourth-order valence-electron chi connectivity index (χ4n) is 6.21. The molecule has 5 fully saturated rings. The predicted octanol–water partition coefficient (Wildman–Crippen LogP) is 4.40. The minimum Gasteiger partial charge on any atom is -0.467 e. The molecule has 3 nitrogen and oxygen atoms in total. The molecule has 1 atom stereocenters. The fraction of sp³-hybridized carbons (Fsp3) is 0.750. The molecule has 1 aromatic rings. The normalized spacial score (nSPS) is 39.4. The van der Waals surface area contributed by atoms with Gasteiger partial charge in [0, 0.05) is 12.0 Å². The second-order valence-corrected chi connectivity index (χ2v) is 8.62. The van der Waals surface area contributed by atoms with E-state index in [1.165, 1.54) is 44.9 Å². The summed E-state index contributed by atoms with van der Waals surface area (Å²) in [5, 5.41) is 0. The highest BCUT2D eigenvalue weighted by Gasteiger charge is 2.53. The molecule has 5 saturated carbocycles. The van der Waals surface area contributed by atoms with Crippen molar-refractivity contribution in [2.45, 2.75) is 64.0 Å². The van der Waals surface area contributed by atoms with Crippen LogP contribution < -0.4 is 0 Å². The Bertz CT molecular complexity index is 561. The van der Waals surface area contributed by atoms with Crippen LogP contribution in [-0.4, -0.2) is 16.8 Å². The highest BCUT2D eigenvalue weighted by Crippen LogP contribution is 2.57. The van der Waals surface area contributed by atoms with E-state index in [0.717, 1.165) is 17.6 Å². The van der Waals surface area contributed by atoms with Crippen molar-refractivity contribution in [1.29, 1.82) is 0 Å². The highest BCUT2D eigenvalue weighted by molar-refractivity contribution is 5.81. The molecular formula is C20H27NO2. The van der Waals surface area contributed by atoms with Crippen molar-refractivity contribution in [1.82, 2.24) is 4.90 Å². The molecular weight excluding hydrogens is 286 g/mol. The quantitative estimate of drug-likeness (QED) is 0.825. The highest BCUT2D eigenvalue weighted by atomic mass is 16.3. The Labute approximate surface area is 138 Å². The van der Waals surface area contributed by atoms with E-state index in [2.05, 4.69) is 11.8 Å². The first-order chi connectivity index (χ1) is 11.2. The van der Waals surface area contributed by atoms with Crippen molar-refractivity contribution in [2.24, 2.45) is 29.6 Å². The first kappa shape index (κ1) is 14.1. The van der Waals surface area contributed by atoms with Gasteiger partial charge in [-0.3, -0.25) is 4.79 Å². The molecule has 0 aliphatic heterocycles. The minimum atomic E-state index is 0.0854. The van der Waals surface area contributed by atoms with E-state index in [4.69, 9.17) is 4.42 Å². The van der Waals surface area contributed by atoms with Crippen molar-refractivity contribution in [3.63, 3.8) is 0 Å². The molecule has 1 amide bonds. The Morgan fingerprint density at radius 3 is 2.30 bits per heavy atom. The zero-order valence-electron chi connectivity index (χ0n) is 14.0. The van der Waals surface area contributed by atoms with Gasteiger partial charge in [0.1, 0.15) is 5.76 Å². The van der Waals surface area contributed by atoms with Crippen molar-refractivity contribution >= 4 is 5.91 Å². The van der Waals surface area contributed by atoms with Crippen molar-refractivity contribution in [2.75, 3.05) is 0 Å². The van der Waals surface area contributed by atoms with Crippen LogP contribution in [0.4, 0.5) is 0 Å². The summed E-state index contributed by atoms with van der Waals surface area (Å²) in [4.78, 5) is 15.7. The molecule has 0 spiro atoms. The molecule has 6 rings (SSSR count). The van der Waals surface area contributed by atoms with E-state index < -0.39 is 0 Å². The van der Waals surface area contributed by atoms with Crippen LogP contribution in [0.1, 0.15) is 63.7 Å². The third-order valence-corrected chi connectivity index (χ3v) is 7.08. The summed E-state index contributed by atoms with van der Waals surface area (Å²) in [6.07, 6.45) is 10.8. The number of hydrogen-bond donors (Lipinski definition) is 0. The predicted molar refractivity (Wildman–Crippen MR) is 87.5 cm³/mol. The lowest BCUT2D eigenvalue weighted by molar-refractivity contribution is -0.152. The van der Waals surface area contributed by atoms with Gasteiger partial charge in [0.05, 0.1) is 12.3 Å². The first-order valence-corrected chi connectivity index (χ1v) is 9.56. The third-order valence-electron chi connectivity index (χ3n) is 7.08. The van der Waals surface area contributed by atoms with Crippen molar-refractivity contribution < 1.29 is 9.21 Å². The topological polar surface area (TPSA) is 33.5 Å². The van der Waals surface area contributed by atoms with Gasteiger partial charge in [-0.25, -0.2) is 0 Å². The van der Waals surface area contributed by atoms with E-state index in [1.807, 2.05) is 12.1 Å². The minimum absolute atomic E-state index is 0.0854. The molecule has 5 aliphatic rings. The van der Waals surface area contributed by atoms with Crippen molar-refractivity contribution in [3.8, 4) is 0 Å². The Hall–Kier alpha value is -1.25. The van der Waals surface area contributed by atoms with Crippen LogP contribution in [0.25, 0.3) is 0 Å². The van der Waals surface area contributed by atoms with E-state index in [1.54, 1.807) is 6.26 Å². The lowest BCUT2D eigenvalue weighted by Crippen LogP contribution is -2.52. The average molecular weight is 313 g/mol. The Morgan fingerprint density at radius 2 is 1.78 bits per heavy atom. The molecule has 4 bridgehead atoms. The maximum atomic E-state index is 13.5. The zero-order valence-corrected chi connectivity index (χ0v) is 14.0. The molecule has 0 saturated heterocycles. The summed E-state index contributed by atoms with van der Waals surface area (Å²) in [7, 11) is 0. The largest absolute Gasteiger partial charge is 0.467 e. The summed E-state index contributed by atoms with van der Waals surface area (Å²) < 4.78 is 5.62. The SMILES string of the molecule is CC(c1ccco1)N(C(=O)C1C2CC3CC(C2)CC1C3)C1CC1. The molecule has 1 heterocycles. The van der Waals surface area contributed by atoms with Crippen LogP contribution in [0.2, 0.25) is 0 Å². The number of amides is 1. The molecule has 0 N–H and O–H groups in total. The second-order valence-electron chi connectivity index (χ2n) is 8.62. The Balaban J connectivity index is 1.41. The van der Waals surface area contributed by atoms with E-state index in [-0.39, 0.29) is 6.04 Å². The molecule has 124 valence electrons. The van der Waals surface area contributed by atoms with Crippen LogP contribution in [0, 0.1) is 29.6 Å². The molecule has 1 unspecified atom stereocenters. The number of hydrogen-bond acceptors (Lipinski definition) is 2. The first-order valence-electron chi connectivity index (χ1n) is 9.56. The van der Waals surface area contributed by atoms with Gasteiger partial charge in [0.15, 0.2) is 0 Å². The number of carbonyl (C=O) groups is 1. The van der Waals surface area contributed by atoms with Gasteiger partial charge >= 0.3 is 0 Å². The summed E-state index contributed by atoms with van der Waals surface area (Å²) in [6, 6.07) is 4.50. The van der Waals surface area contributed by atoms with Gasteiger partial charge in [-0.2, -0.15) is 0 Å². The number of nitrogens with zero attached hydrogens (tertiary/aromatic N) is 1. The van der Waals surface area contributed by atoms with Crippen molar-refractivity contribution in [3.05, 3.63) is 24.2 Å². The van der Waals surface area contributed by atoms with Crippen LogP contribution in [-0.2, 0) is 4.79 Å². The smallest absolute Gasteiger partial charge is 0.227 e. The zero-order chi connectivity index (χ0) is 15.6. The van der Waals surface area contributed by atoms with Crippen LogP contribution >= 0.6 is 0 Å². The molecule has 0 radical (unpaired) electrons. The molecule has 5 aliphatic carbocycles. The Morgan fingerprint density at radius 1 is 1.13 bits per heavy atom. The molecule has 23 heavy (non-hydrogen) atoms. The number of furan rings is 1. The number of carbonyl (C=O) groups excluding carboxylic acids is 1.